The summed E-state index contributed by atoms with van der Waals surface area (Å²) in [5.41, 5.74) is -1.68. The predicted molar refractivity (Wildman–Crippen MR) is 207 cm³/mol. The lowest BCUT2D eigenvalue weighted by atomic mass is 9.91. The maximum Gasteiger partial charge on any atom is 0.330 e. The maximum atomic E-state index is 13.1. The van der Waals surface area contributed by atoms with Gasteiger partial charge in [0.15, 0.2) is 18.8 Å². The van der Waals surface area contributed by atoms with Crippen molar-refractivity contribution in [3.05, 3.63) is 45.3 Å². The van der Waals surface area contributed by atoms with E-state index < -0.39 is 128 Å². The molecule has 59 heavy (non-hydrogen) atoms. The monoisotopic (exact) mass is 844 g/mol. The fourth-order valence-corrected chi connectivity index (χ4v) is 7.63. The van der Waals surface area contributed by atoms with E-state index >= 15 is 0 Å². The highest BCUT2D eigenvalue weighted by molar-refractivity contribution is 5.87. The van der Waals surface area contributed by atoms with Crippen LogP contribution in [0.1, 0.15) is 97.6 Å². The molecule has 0 aliphatic carbocycles. The van der Waals surface area contributed by atoms with Crippen LogP contribution >= 0.6 is 0 Å². The lowest BCUT2D eigenvalue weighted by Gasteiger charge is -2.47. The summed E-state index contributed by atoms with van der Waals surface area (Å²) in [6.07, 6.45) is -7.65. The van der Waals surface area contributed by atoms with Crippen molar-refractivity contribution in [1.82, 2.24) is 20.2 Å². The normalized spacial score (nSPS) is 34.3. The summed E-state index contributed by atoms with van der Waals surface area (Å²) in [5, 5.41) is 91.4. The van der Waals surface area contributed by atoms with E-state index in [1.54, 1.807) is 6.08 Å². The molecule has 11 N–H and O–H groups in total. The fourth-order valence-electron chi connectivity index (χ4n) is 7.63. The molecule has 1 unspecified atom stereocenters. The molecule has 0 saturated carbocycles. The molecule has 4 rings (SSSR count). The summed E-state index contributed by atoms with van der Waals surface area (Å²) in [4.78, 5) is 51.1. The Hall–Kier alpha value is -3.12. The summed E-state index contributed by atoms with van der Waals surface area (Å²) in [6, 6.07) is -2.01. The van der Waals surface area contributed by atoms with Crippen LogP contribution in [-0.4, -0.2) is 155 Å². The minimum absolute atomic E-state index is 0.597. The Morgan fingerprint density at radius 3 is 1.98 bits per heavy atom. The van der Waals surface area contributed by atoms with E-state index in [0.717, 1.165) is 55.4 Å². The number of rotatable bonds is 21. The first-order valence-corrected chi connectivity index (χ1v) is 20.6. The Bertz CT molecular complexity index is 1610. The van der Waals surface area contributed by atoms with Crippen LogP contribution in [0.2, 0.25) is 0 Å². The third-order valence-corrected chi connectivity index (χ3v) is 11.0. The summed E-state index contributed by atoms with van der Waals surface area (Å²) in [7, 11) is 0. The van der Waals surface area contributed by atoms with Crippen molar-refractivity contribution in [2.75, 3.05) is 6.61 Å². The van der Waals surface area contributed by atoms with Crippen LogP contribution in [0.5, 0.6) is 0 Å². The number of ether oxygens (including phenoxy) is 4. The quantitative estimate of drug-likeness (QED) is 0.0467. The zero-order valence-electron chi connectivity index (χ0n) is 33.8. The Balaban J connectivity index is 1.44. The SMILES string of the molecule is CC(=O)N[C@H]1[C@H](O[C@@H]2O[C@H](CC(O)[C@H]3O[C@@H](n4ccc(=O)[nH]c4=O)[C@H](O)[C@@H]3O)[C@H](O)[C@H](O)[C@H]2NC(=O)/C=C/CCCCCCCCCCC(C)C)O[C@H](CO)[C@@H](O)[C@@H]1O. The highest BCUT2D eigenvalue weighted by Gasteiger charge is 2.53. The highest BCUT2D eigenvalue weighted by Crippen LogP contribution is 2.34. The number of aromatic amines is 1. The topological polar surface area (TPSA) is 312 Å². The number of H-pyrrole nitrogens is 1. The molecule has 2 amide bonds. The standard InChI is InChI=1S/C39H64N4O16/c1-20(2)14-12-10-8-6-4-5-7-9-11-13-15-25(47)41-28-32(52)29(49)23(56-38(28)59-37-27(40-21(3)45)31(51)30(50)24(19-44)57-37)18-22(46)35-33(53)34(54)36(58-35)43-17-16-26(48)42-39(43)55/h13,15-17,20,22-24,27-38,44,46,49-54H,4-12,14,18-19H2,1-3H3,(H,40,45)(H,41,47)(H,42,48,55)/b15-13+/t22?,23-,24-,27-,28-,29+,30-,31-,32-,33+,34-,35-,36-,37+,38+/m1/s1. The third kappa shape index (κ3) is 13.4. The van der Waals surface area contributed by atoms with Crippen molar-refractivity contribution in [2.24, 2.45) is 5.92 Å². The predicted octanol–water partition coefficient (Wildman–Crippen LogP) is -2.09. The van der Waals surface area contributed by atoms with E-state index in [-0.39, 0.29) is 0 Å². The summed E-state index contributed by atoms with van der Waals surface area (Å²) in [5.74, 6) is -0.621. The van der Waals surface area contributed by atoms with Gasteiger partial charge in [-0.2, -0.15) is 0 Å². The molecule has 20 nitrogen and oxygen atoms in total. The van der Waals surface area contributed by atoms with E-state index in [0.29, 0.717) is 6.42 Å². The minimum atomic E-state index is -1.85. The number of aliphatic hydroxyl groups excluding tert-OH is 8. The first-order chi connectivity index (χ1) is 28.0. The Labute approximate surface area is 342 Å². The number of aromatic nitrogens is 2. The molecule has 0 bridgehead atoms. The molecule has 20 heteroatoms. The smallest absolute Gasteiger partial charge is 0.330 e. The number of allylic oxidation sites excluding steroid dienone is 1. The van der Waals surface area contributed by atoms with Crippen LogP contribution in [0.15, 0.2) is 34.0 Å². The van der Waals surface area contributed by atoms with Gasteiger partial charge in [0, 0.05) is 25.6 Å². The molecular weight excluding hydrogens is 780 g/mol. The number of nitrogens with zero attached hydrogens (tertiary/aromatic N) is 1. The number of aliphatic hydroxyl groups is 8. The third-order valence-electron chi connectivity index (χ3n) is 11.0. The number of carbonyl (C=O) groups is 2. The molecule has 336 valence electrons. The van der Waals surface area contributed by atoms with Gasteiger partial charge in [-0.1, -0.05) is 71.3 Å². The summed E-state index contributed by atoms with van der Waals surface area (Å²) in [6.45, 7) is 4.81. The number of carbonyl (C=O) groups excluding carboxylic acids is 2. The number of unbranched alkanes of at least 4 members (excludes halogenated alkanes) is 8. The van der Waals surface area contributed by atoms with Crippen LogP contribution in [0.25, 0.3) is 0 Å². The molecule has 1 aromatic heterocycles. The molecule has 0 radical (unpaired) electrons. The van der Waals surface area contributed by atoms with Gasteiger partial charge in [0.2, 0.25) is 11.8 Å². The highest BCUT2D eigenvalue weighted by atomic mass is 16.8. The van der Waals surface area contributed by atoms with Crippen molar-refractivity contribution >= 4 is 11.8 Å². The van der Waals surface area contributed by atoms with Crippen LogP contribution in [0, 0.1) is 5.92 Å². The first kappa shape index (κ1) is 48.5. The van der Waals surface area contributed by atoms with Crippen molar-refractivity contribution in [3.8, 4) is 0 Å². The van der Waals surface area contributed by atoms with Crippen molar-refractivity contribution in [1.29, 1.82) is 0 Å². The molecule has 3 aliphatic rings. The van der Waals surface area contributed by atoms with E-state index in [1.807, 2.05) is 4.98 Å². The molecule has 3 aliphatic heterocycles. The lowest BCUT2D eigenvalue weighted by Crippen LogP contribution is -2.68. The lowest BCUT2D eigenvalue weighted by molar-refractivity contribution is -0.346. The summed E-state index contributed by atoms with van der Waals surface area (Å²) < 4.78 is 24.1. The van der Waals surface area contributed by atoms with Crippen molar-refractivity contribution in [2.45, 2.75) is 183 Å². The van der Waals surface area contributed by atoms with Gasteiger partial charge in [-0.3, -0.25) is 23.9 Å². The van der Waals surface area contributed by atoms with E-state index in [2.05, 4.69) is 24.5 Å². The molecule has 15 atom stereocenters. The minimum Gasteiger partial charge on any atom is -0.394 e. The molecule has 4 heterocycles. The van der Waals surface area contributed by atoms with Gasteiger partial charge in [-0.25, -0.2) is 4.79 Å². The second kappa shape index (κ2) is 23.2. The molecule has 0 aromatic carbocycles. The fraction of sp³-hybridized carbons (Fsp3) is 0.795. The first-order valence-electron chi connectivity index (χ1n) is 20.6. The van der Waals surface area contributed by atoms with E-state index in [1.165, 1.54) is 38.2 Å². The average Bonchev–Trinajstić information content (AvgIpc) is 3.47. The van der Waals surface area contributed by atoms with Gasteiger partial charge in [-0.15, -0.1) is 0 Å². The Morgan fingerprint density at radius 2 is 1.39 bits per heavy atom. The van der Waals surface area contributed by atoms with E-state index in [9.17, 15) is 60.0 Å². The zero-order valence-corrected chi connectivity index (χ0v) is 33.8. The molecule has 1 aromatic rings. The molecule has 0 spiro atoms. The van der Waals surface area contributed by atoms with Gasteiger partial charge in [0.05, 0.1) is 18.8 Å². The number of hydrogen-bond donors (Lipinski definition) is 11. The van der Waals surface area contributed by atoms with Crippen LogP contribution < -0.4 is 21.9 Å². The molecule has 3 saturated heterocycles. The van der Waals surface area contributed by atoms with Crippen molar-refractivity contribution in [3.63, 3.8) is 0 Å². The van der Waals surface area contributed by atoms with Crippen LogP contribution in [-0.2, 0) is 28.5 Å². The van der Waals surface area contributed by atoms with Crippen molar-refractivity contribution < 1.29 is 69.4 Å². The second-order valence-electron chi connectivity index (χ2n) is 16.1. The van der Waals surface area contributed by atoms with E-state index in [4.69, 9.17) is 18.9 Å². The van der Waals surface area contributed by atoms with Crippen LogP contribution in [0.3, 0.4) is 0 Å². The Morgan fingerprint density at radius 1 is 0.814 bits per heavy atom. The molecule has 3 fully saturated rings. The summed E-state index contributed by atoms with van der Waals surface area (Å²) >= 11 is 0. The van der Waals surface area contributed by atoms with Gasteiger partial charge >= 0.3 is 5.69 Å². The maximum absolute atomic E-state index is 13.1. The van der Waals surface area contributed by atoms with Gasteiger partial charge in [0.25, 0.3) is 5.56 Å². The van der Waals surface area contributed by atoms with Crippen LogP contribution in [0.4, 0.5) is 0 Å². The van der Waals surface area contributed by atoms with Gasteiger partial charge in [0.1, 0.15) is 60.9 Å². The number of hydrogen-bond acceptors (Lipinski definition) is 16. The zero-order chi connectivity index (χ0) is 43.4. The average molecular weight is 845 g/mol. The number of nitrogens with one attached hydrogen (secondary N) is 3. The Kier molecular flexibility index (Phi) is 19.1. The largest absolute Gasteiger partial charge is 0.394 e. The second-order valence-corrected chi connectivity index (χ2v) is 16.1. The van der Waals surface area contributed by atoms with Gasteiger partial charge in [-0.05, 0) is 24.8 Å². The molecular formula is C39H64N4O16. The number of amides is 2. The van der Waals surface area contributed by atoms with Gasteiger partial charge < -0.3 is 70.4 Å².